The number of aryl methyl sites for hydroxylation is 2. The third-order valence-electron chi connectivity index (χ3n) is 5.66. The molecule has 0 saturated heterocycles. The van der Waals surface area contributed by atoms with Crippen molar-refractivity contribution in [1.82, 2.24) is 0 Å². The molecule has 3 nitrogen and oxygen atoms in total. The predicted octanol–water partition coefficient (Wildman–Crippen LogP) is 6.29. The summed E-state index contributed by atoms with van der Waals surface area (Å²) in [5.74, 6) is 0. The van der Waals surface area contributed by atoms with Gasteiger partial charge >= 0.3 is 0 Å². The van der Waals surface area contributed by atoms with Gasteiger partial charge in [-0.3, -0.25) is 0 Å². The minimum atomic E-state index is 0.850. The maximum atomic E-state index is 6.40. The molecular formula is C25H18NO2+. The van der Waals surface area contributed by atoms with E-state index in [4.69, 9.17) is 8.83 Å². The summed E-state index contributed by atoms with van der Waals surface area (Å²) in [4.78, 5) is 0. The summed E-state index contributed by atoms with van der Waals surface area (Å²) >= 11 is 0. The van der Waals surface area contributed by atoms with E-state index < -0.39 is 0 Å². The molecule has 0 spiro atoms. The second kappa shape index (κ2) is 5.46. The molecule has 3 heterocycles. The Balaban J connectivity index is 1.75. The molecule has 0 radical (unpaired) electrons. The number of hydrogen-bond acceptors (Lipinski definition) is 2. The minimum Gasteiger partial charge on any atom is -0.456 e. The Kier molecular flexibility index (Phi) is 3.01. The van der Waals surface area contributed by atoms with Gasteiger partial charge in [0, 0.05) is 33.7 Å². The molecule has 134 valence electrons. The number of pyridine rings is 1. The topological polar surface area (TPSA) is 30.2 Å². The van der Waals surface area contributed by atoms with E-state index in [0.717, 1.165) is 49.6 Å². The van der Waals surface area contributed by atoms with Crippen LogP contribution in [0, 0.1) is 6.92 Å². The lowest BCUT2D eigenvalue weighted by Gasteiger charge is -2.04. The molecule has 0 aliphatic heterocycles. The highest BCUT2D eigenvalue weighted by atomic mass is 16.3. The number of aromatic nitrogens is 1. The van der Waals surface area contributed by atoms with E-state index in [1.54, 1.807) is 0 Å². The fourth-order valence-corrected chi connectivity index (χ4v) is 4.25. The molecule has 0 bridgehead atoms. The van der Waals surface area contributed by atoms with Crippen LogP contribution in [0.5, 0.6) is 0 Å². The van der Waals surface area contributed by atoms with Gasteiger partial charge in [-0.15, -0.1) is 0 Å². The van der Waals surface area contributed by atoms with Crippen molar-refractivity contribution in [3.05, 3.63) is 78.5 Å². The Morgan fingerprint density at radius 2 is 1.43 bits per heavy atom. The first kappa shape index (κ1) is 15.5. The van der Waals surface area contributed by atoms with Crippen LogP contribution in [0.1, 0.15) is 5.56 Å². The van der Waals surface area contributed by atoms with Gasteiger partial charge in [0.05, 0.1) is 5.56 Å². The number of fused-ring (bicyclic) bond motifs is 6. The number of rotatable bonds is 1. The molecule has 0 fully saturated rings. The van der Waals surface area contributed by atoms with E-state index in [2.05, 4.69) is 67.2 Å². The zero-order valence-electron chi connectivity index (χ0n) is 15.7. The van der Waals surface area contributed by atoms with Gasteiger partial charge in [0.15, 0.2) is 6.20 Å². The minimum absolute atomic E-state index is 0.850. The lowest BCUT2D eigenvalue weighted by Crippen LogP contribution is -2.30. The SMILES string of the molecule is Cc1ccccc1-c1c2oc3cc4oc5ccccc5c4cc3c2cc[n+]1C. The number of para-hydroxylation sites is 1. The quantitative estimate of drug-likeness (QED) is 0.321. The highest BCUT2D eigenvalue weighted by Crippen LogP contribution is 2.38. The van der Waals surface area contributed by atoms with Crippen molar-refractivity contribution >= 4 is 43.9 Å². The van der Waals surface area contributed by atoms with Crippen molar-refractivity contribution in [2.75, 3.05) is 0 Å². The summed E-state index contributed by atoms with van der Waals surface area (Å²) in [6.45, 7) is 2.14. The molecule has 0 aliphatic carbocycles. The second-order valence-corrected chi connectivity index (χ2v) is 7.38. The molecule has 3 aromatic heterocycles. The molecule has 0 atom stereocenters. The first-order chi connectivity index (χ1) is 13.7. The summed E-state index contributed by atoms with van der Waals surface area (Å²) in [7, 11) is 2.06. The number of furan rings is 2. The summed E-state index contributed by atoms with van der Waals surface area (Å²) in [6.07, 6.45) is 2.11. The first-order valence-electron chi connectivity index (χ1n) is 9.43. The maximum Gasteiger partial charge on any atom is 0.256 e. The Hall–Kier alpha value is -3.59. The zero-order chi connectivity index (χ0) is 18.8. The van der Waals surface area contributed by atoms with Crippen molar-refractivity contribution in [3.63, 3.8) is 0 Å². The molecule has 0 unspecified atom stereocenters. The normalized spacial score (nSPS) is 11.9. The summed E-state index contributed by atoms with van der Waals surface area (Å²) in [5, 5.41) is 4.49. The third kappa shape index (κ3) is 2.01. The highest BCUT2D eigenvalue weighted by Gasteiger charge is 2.22. The number of benzene rings is 3. The average Bonchev–Trinajstić information content (AvgIpc) is 3.24. The number of nitrogens with zero attached hydrogens (tertiary/aromatic N) is 1. The Morgan fingerprint density at radius 3 is 2.32 bits per heavy atom. The monoisotopic (exact) mass is 364 g/mol. The van der Waals surface area contributed by atoms with E-state index in [0.29, 0.717) is 0 Å². The number of hydrogen-bond donors (Lipinski definition) is 0. The predicted molar refractivity (Wildman–Crippen MR) is 112 cm³/mol. The third-order valence-corrected chi connectivity index (χ3v) is 5.66. The Labute approximate surface area is 161 Å². The van der Waals surface area contributed by atoms with Crippen molar-refractivity contribution in [3.8, 4) is 11.3 Å². The van der Waals surface area contributed by atoms with Crippen molar-refractivity contribution in [2.24, 2.45) is 7.05 Å². The molecule has 0 N–H and O–H groups in total. The highest BCUT2D eigenvalue weighted by molar-refractivity contribution is 6.16. The molecule has 0 amide bonds. The Morgan fingerprint density at radius 1 is 0.679 bits per heavy atom. The van der Waals surface area contributed by atoms with Gasteiger partial charge in [-0.25, -0.2) is 0 Å². The van der Waals surface area contributed by atoms with Crippen molar-refractivity contribution in [1.29, 1.82) is 0 Å². The van der Waals surface area contributed by atoms with E-state index in [9.17, 15) is 0 Å². The molecule has 6 rings (SSSR count). The van der Waals surface area contributed by atoms with E-state index in [-0.39, 0.29) is 0 Å². The van der Waals surface area contributed by atoms with Gasteiger partial charge in [0.25, 0.3) is 5.69 Å². The van der Waals surface area contributed by atoms with E-state index >= 15 is 0 Å². The van der Waals surface area contributed by atoms with Gasteiger partial charge < -0.3 is 8.83 Å². The van der Waals surface area contributed by atoms with Gasteiger partial charge in [0.2, 0.25) is 5.58 Å². The first-order valence-corrected chi connectivity index (χ1v) is 9.43. The fraction of sp³-hybridized carbons (Fsp3) is 0.0800. The van der Waals surface area contributed by atoms with Crippen LogP contribution >= 0.6 is 0 Å². The van der Waals surface area contributed by atoms with Gasteiger partial charge in [-0.1, -0.05) is 36.4 Å². The largest absolute Gasteiger partial charge is 0.456 e. The molecule has 0 saturated carbocycles. The second-order valence-electron chi connectivity index (χ2n) is 7.38. The zero-order valence-corrected chi connectivity index (χ0v) is 15.7. The van der Waals surface area contributed by atoms with Crippen LogP contribution in [-0.4, -0.2) is 0 Å². The van der Waals surface area contributed by atoms with E-state index in [1.807, 2.05) is 24.3 Å². The van der Waals surface area contributed by atoms with E-state index in [1.165, 1.54) is 11.1 Å². The fourth-order valence-electron chi connectivity index (χ4n) is 4.25. The van der Waals surface area contributed by atoms with Crippen molar-refractivity contribution < 1.29 is 13.4 Å². The van der Waals surface area contributed by atoms with Crippen LogP contribution in [0.3, 0.4) is 0 Å². The lowest BCUT2D eigenvalue weighted by atomic mass is 10.0. The van der Waals surface area contributed by atoms with Crippen molar-refractivity contribution in [2.45, 2.75) is 6.92 Å². The van der Waals surface area contributed by atoms with Gasteiger partial charge in [0.1, 0.15) is 23.8 Å². The van der Waals surface area contributed by atoms with Crippen LogP contribution < -0.4 is 4.57 Å². The summed E-state index contributed by atoms with van der Waals surface area (Å²) < 4.78 is 14.6. The Bertz CT molecular complexity index is 1530. The molecule has 3 heteroatoms. The van der Waals surface area contributed by atoms with Gasteiger partial charge in [-0.2, -0.15) is 4.57 Å². The summed E-state index contributed by atoms with van der Waals surface area (Å²) in [5.41, 5.74) is 7.02. The van der Waals surface area contributed by atoms with Crippen LogP contribution in [0.15, 0.2) is 81.8 Å². The van der Waals surface area contributed by atoms with Gasteiger partial charge in [-0.05, 0) is 30.7 Å². The maximum absolute atomic E-state index is 6.40. The molecular weight excluding hydrogens is 346 g/mol. The van der Waals surface area contributed by atoms with Crippen LogP contribution in [0.4, 0.5) is 0 Å². The van der Waals surface area contributed by atoms with Crippen LogP contribution in [0.25, 0.3) is 55.1 Å². The molecule has 28 heavy (non-hydrogen) atoms. The van der Waals surface area contributed by atoms with Crippen LogP contribution in [-0.2, 0) is 7.05 Å². The standard InChI is InChI=1S/C25H18NO2/c1-15-7-3-4-8-16(15)24-25-18(11-12-26(24)2)20-13-19-17-9-5-6-10-21(17)27-22(19)14-23(20)28-25/h3-14H,1-2H3/q+1. The molecule has 0 aliphatic rings. The molecule has 3 aromatic carbocycles. The lowest BCUT2D eigenvalue weighted by molar-refractivity contribution is -0.659. The van der Waals surface area contributed by atoms with Crippen LogP contribution in [0.2, 0.25) is 0 Å². The average molecular weight is 364 g/mol. The summed E-state index contributed by atoms with van der Waals surface area (Å²) in [6, 6.07) is 22.9. The molecule has 6 aromatic rings. The smallest absolute Gasteiger partial charge is 0.256 e.